The quantitative estimate of drug-likeness (QED) is 0.843. The number of benzene rings is 1. The van der Waals surface area contributed by atoms with Crippen LogP contribution in [0.4, 0.5) is 5.69 Å². The first kappa shape index (κ1) is 15.3. The van der Waals surface area contributed by atoms with E-state index in [1.54, 1.807) is 18.3 Å². The van der Waals surface area contributed by atoms with Crippen molar-refractivity contribution in [3.63, 3.8) is 0 Å². The van der Waals surface area contributed by atoms with Crippen LogP contribution < -0.4 is 5.32 Å². The van der Waals surface area contributed by atoms with Gasteiger partial charge in [-0.1, -0.05) is 11.6 Å². The zero-order valence-corrected chi connectivity index (χ0v) is 12.5. The molecule has 1 amide bonds. The number of carbonyl (C=O) groups excluding carboxylic acids is 1. The van der Waals surface area contributed by atoms with E-state index in [4.69, 9.17) is 16.7 Å². The molecular formula is C14H11ClN2O3S. The molecule has 1 heterocycles. The maximum atomic E-state index is 12.3. The van der Waals surface area contributed by atoms with E-state index in [1.165, 1.54) is 30.0 Å². The molecule has 1 aromatic heterocycles. The van der Waals surface area contributed by atoms with Crippen LogP contribution in [0, 0.1) is 0 Å². The third-order valence-electron chi connectivity index (χ3n) is 2.67. The molecular weight excluding hydrogens is 312 g/mol. The number of halogens is 1. The smallest absolute Gasteiger partial charge is 0.337 e. The van der Waals surface area contributed by atoms with Crippen molar-refractivity contribution in [3.05, 3.63) is 52.7 Å². The number of nitrogens with zero attached hydrogens (tertiary/aromatic N) is 1. The molecule has 0 spiro atoms. The van der Waals surface area contributed by atoms with Gasteiger partial charge in [0.25, 0.3) is 5.91 Å². The first-order valence-electron chi connectivity index (χ1n) is 5.86. The fraction of sp³-hybridized carbons (Fsp3) is 0.0714. The summed E-state index contributed by atoms with van der Waals surface area (Å²) in [5, 5.41) is 12.6. The number of amides is 1. The number of nitrogens with one attached hydrogen (secondary N) is 1. The van der Waals surface area contributed by atoms with Gasteiger partial charge in [0, 0.05) is 11.2 Å². The van der Waals surface area contributed by atoms with Crippen molar-refractivity contribution < 1.29 is 14.7 Å². The zero-order chi connectivity index (χ0) is 15.4. The van der Waals surface area contributed by atoms with Crippen LogP contribution in [0.3, 0.4) is 0 Å². The highest BCUT2D eigenvalue weighted by Gasteiger charge is 2.16. The summed E-state index contributed by atoms with van der Waals surface area (Å²) in [4.78, 5) is 27.5. The Hall–Kier alpha value is -2.05. The molecule has 108 valence electrons. The molecule has 0 saturated carbocycles. The van der Waals surface area contributed by atoms with Gasteiger partial charge < -0.3 is 10.4 Å². The van der Waals surface area contributed by atoms with Gasteiger partial charge >= 0.3 is 5.97 Å². The molecule has 0 fully saturated rings. The predicted octanol–water partition coefficient (Wildman–Crippen LogP) is 3.41. The van der Waals surface area contributed by atoms with Gasteiger partial charge in [-0.15, -0.1) is 11.8 Å². The molecule has 2 rings (SSSR count). The second-order valence-electron chi connectivity index (χ2n) is 4.01. The molecule has 0 saturated heterocycles. The van der Waals surface area contributed by atoms with Crippen LogP contribution in [0.2, 0.25) is 5.02 Å². The minimum Gasteiger partial charge on any atom is -0.478 e. The first-order valence-corrected chi connectivity index (χ1v) is 7.46. The highest BCUT2D eigenvalue weighted by atomic mass is 35.5. The fourth-order valence-electron chi connectivity index (χ4n) is 1.72. The molecule has 0 aliphatic rings. The van der Waals surface area contributed by atoms with E-state index in [0.29, 0.717) is 10.6 Å². The normalized spacial score (nSPS) is 10.2. The van der Waals surface area contributed by atoms with Gasteiger partial charge in [0.15, 0.2) is 0 Å². The Kier molecular flexibility index (Phi) is 4.82. The molecule has 0 aliphatic carbocycles. The van der Waals surface area contributed by atoms with Crippen LogP contribution in [0.5, 0.6) is 0 Å². The summed E-state index contributed by atoms with van der Waals surface area (Å²) in [5.41, 5.74) is 0.509. The minimum absolute atomic E-state index is 0.0644. The first-order chi connectivity index (χ1) is 10.0. The lowest BCUT2D eigenvalue weighted by Gasteiger charge is -2.10. The van der Waals surface area contributed by atoms with E-state index in [0.717, 1.165) is 0 Å². The zero-order valence-electron chi connectivity index (χ0n) is 11.0. The van der Waals surface area contributed by atoms with Crippen molar-refractivity contribution >= 4 is 40.9 Å². The van der Waals surface area contributed by atoms with Crippen molar-refractivity contribution in [1.82, 2.24) is 4.98 Å². The van der Waals surface area contributed by atoms with Crippen LogP contribution in [0.25, 0.3) is 0 Å². The average molecular weight is 323 g/mol. The number of rotatable bonds is 4. The van der Waals surface area contributed by atoms with E-state index in [1.807, 2.05) is 6.26 Å². The van der Waals surface area contributed by atoms with Crippen LogP contribution in [0.1, 0.15) is 20.7 Å². The van der Waals surface area contributed by atoms with Gasteiger partial charge in [-0.3, -0.25) is 4.79 Å². The van der Waals surface area contributed by atoms with Crippen molar-refractivity contribution in [2.24, 2.45) is 0 Å². The number of hydrogen-bond acceptors (Lipinski definition) is 4. The van der Waals surface area contributed by atoms with Gasteiger partial charge in [0.2, 0.25) is 0 Å². The van der Waals surface area contributed by atoms with Gasteiger partial charge in [0.1, 0.15) is 5.03 Å². The molecule has 5 nitrogen and oxygen atoms in total. The standard InChI is InChI=1S/C14H11ClN2O3S/c1-21-13-9(3-2-6-16-13)12(18)17-11-5-4-8(15)7-10(11)14(19)20/h2-7H,1H3,(H,17,18)(H,19,20). The molecule has 0 atom stereocenters. The summed E-state index contributed by atoms with van der Waals surface area (Å²) in [6, 6.07) is 7.54. The maximum absolute atomic E-state index is 12.3. The number of carboxylic acid groups (broad SMARTS) is 1. The Bertz CT molecular complexity index is 706. The molecule has 7 heteroatoms. The summed E-state index contributed by atoms with van der Waals surface area (Å²) in [6.07, 6.45) is 3.40. The third-order valence-corrected chi connectivity index (χ3v) is 3.62. The highest BCUT2D eigenvalue weighted by molar-refractivity contribution is 7.98. The molecule has 0 bridgehead atoms. The topological polar surface area (TPSA) is 79.3 Å². The fourth-order valence-corrected chi connectivity index (χ4v) is 2.44. The van der Waals surface area contributed by atoms with E-state index in [2.05, 4.69) is 10.3 Å². The van der Waals surface area contributed by atoms with Gasteiger partial charge in [0.05, 0.1) is 16.8 Å². The van der Waals surface area contributed by atoms with Crippen molar-refractivity contribution in [2.75, 3.05) is 11.6 Å². The molecule has 21 heavy (non-hydrogen) atoms. The Morgan fingerprint density at radius 2 is 2.05 bits per heavy atom. The van der Waals surface area contributed by atoms with Crippen LogP contribution in [-0.2, 0) is 0 Å². The van der Waals surface area contributed by atoms with Gasteiger partial charge in [-0.05, 0) is 36.6 Å². The summed E-state index contributed by atoms with van der Waals surface area (Å²) in [6.45, 7) is 0. The number of thioether (sulfide) groups is 1. The largest absolute Gasteiger partial charge is 0.478 e. The van der Waals surface area contributed by atoms with Crippen molar-refractivity contribution in [2.45, 2.75) is 5.03 Å². The lowest BCUT2D eigenvalue weighted by atomic mass is 10.1. The molecule has 0 radical (unpaired) electrons. The number of anilines is 1. The maximum Gasteiger partial charge on any atom is 0.337 e. The predicted molar refractivity (Wildman–Crippen MR) is 82.4 cm³/mol. The Morgan fingerprint density at radius 3 is 2.71 bits per heavy atom. The lowest BCUT2D eigenvalue weighted by Crippen LogP contribution is -2.16. The Morgan fingerprint density at radius 1 is 1.29 bits per heavy atom. The minimum atomic E-state index is -1.16. The van der Waals surface area contributed by atoms with Crippen molar-refractivity contribution in [3.8, 4) is 0 Å². The summed E-state index contributed by atoms with van der Waals surface area (Å²) in [5.74, 6) is -1.58. The number of carboxylic acids is 1. The van der Waals surface area contributed by atoms with Gasteiger partial charge in [-0.25, -0.2) is 9.78 Å². The number of aromatic carboxylic acids is 1. The summed E-state index contributed by atoms with van der Waals surface area (Å²) < 4.78 is 0. The number of hydrogen-bond donors (Lipinski definition) is 2. The highest BCUT2D eigenvalue weighted by Crippen LogP contribution is 2.23. The second-order valence-corrected chi connectivity index (χ2v) is 5.24. The van der Waals surface area contributed by atoms with Crippen LogP contribution in [0.15, 0.2) is 41.6 Å². The molecule has 1 aromatic carbocycles. The monoisotopic (exact) mass is 322 g/mol. The second kappa shape index (κ2) is 6.60. The van der Waals surface area contributed by atoms with Gasteiger partial charge in [-0.2, -0.15) is 0 Å². The van der Waals surface area contributed by atoms with E-state index in [9.17, 15) is 9.59 Å². The van der Waals surface area contributed by atoms with Crippen LogP contribution in [-0.4, -0.2) is 28.2 Å². The molecule has 0 unspecified atom stereocenters. The molecule has 2 N–H and O–H groups in total. The third kappa shape index (κ3) is 3.53. The Balaban J connectivity index is 2.34. The number of pyridine rings is 1. The summed E-state index contributed by atoms with van der Waals surface area (Å²) >= 11 is 7.11. The van der Waals surface area contributed by atoms with E-state index < -0.39 is 11.9 Å². The number of aromatic nitrogens is 1. The SMILES string of the molecule is CSc1ncccc1C(=O)Nc1ccc(Cl)cc1C(=O)O. The molecule has 2 aromatic rings. The van der Waals surface area contributed by atoms with Crippen molar-refractivity contribution in [1.29, 1.82) is 0 Å². The van der Waals surface area contributed by atoms with E-state index in [-0.39, 0.29) is 16.3 Å². The van der Waals surface area contributed by atoms with E-state index >= 15 is 0 Å². The van der Waals surface area contributed by atoms with Crippen LogP contribution >= 0.6 is 23.4 Å². The molecule has 0 aliphatic heterocycles. The number of carbonyl (C=O) groups is 2. The average Bonchev–Trinajstić information content (AvgIpc) is 2.48. The summed E-state index contributed by atoms with van der Waals surface area (Å²) in [7, 11) is 0. The Labute approximate surface area is 130 Å². The lowest BCUT2D eigenvalue weighted by molar-refractivity contribution is 0.0698.